The quantitative estimate of drug-likeness (QED) is 0.638. The Morgan fingerprint density at radius 1 is 1.45 bits per heavy atom. The Morgan fingerprint density at radius 3 is 2.77 bits per heavy atom. The van der Waals surface area contributed by atoms with Crippen molar-refractivity contribution in [1.29, 1.82) is 0 Å². The van der Waals surface area contributed by atoms with Crippen LogP contribution in [-0.2, 0) is 16.0 Å². The van der Waals surface area contributed by atoms with Crippen LogP contribution in [0.25, 0.3) is 0 Å². The van der Waals surface area contributed by atoms with Gasteiger partial charge in [0.2, 0.25) is 5.91 Å². The Hall–Kier alpha value is -2.02. The van der Waals surface area contributed by atoms with Crippen LogP contribution in [-0.4, -0.2) is 36.6 Å². The van der Waals surface area contributed by atoms with Crippen LogP contribution in [0, 0.1) is 0 Å². The molecule has 118 valence electrons. The Labute approximate surface area is 133 Å². The topological polar surface area (TPSA) is 71.0 Å². The summed E-state index contributed by atoms with van der Waals surface area (Å²) in [6.07, 6.45) is 2.09. The monoisotopic (exact) mass is 321 g/mol. The first-order valence-electron chi connectivity index (χ1n) is 6.86. The number of anilines is 1. The first kappa shape index (κ1) is 16.4. The van der Waals surface area contributed by atoms with E-state index >= 15 is 0 Å². The van der Waals surface area contributed by atoms with Gasteiger partial charge in [0.1, 0.15) is 0 Å². The van der Waals surface area contributed by atoms with Gasteiger partial charge in [-0.25, -0.2) is 9.79 Å². The van der Waals surface area contributed by atoms with Crippen molar-refractivity contribution in [3.05, 3.63) is 23.8 Å². The van der Waals surface area contributed by atoms with Crippen LogP contribution in [0.2, 0.25) is 0 Å². The Balaban J connectivity index is 2.31. The molecule has 0 radical (unpaired) electrons. The van der Waals surface area contributed by atoms with E-state index in [4.69, 9.17) is 0 Å². The number of amides is 2. The van der Waals surface area contributed by atoms with E-state index in [1.165, 1.54) is 18.9 Å². The van der Waals surface area contributed by atoms with Gasteiger partial charge in [0.05, 0.1) is 12.8 Å². The molecule has 0 saturated heterocycles. The van der Waals surface area contributed by atoms with Crippen molar-refractivity contribution in [3.8, 4) is 0 Å². The van der Waals surface area contributed by atoms with E-state index in [2.05, 4.69) is 15.0 Å². The van der Waals surface area contributed by atoms with Crippen molar-refractivity contribution >= 4 is 40.3 Å². The van der Waals surface area contributed by atoms with E-state index in [9.17, 15) is 9.59 Å². The van der Waals surface area contributed by atoms with Crippen LogP contribution >= 0.6 is 11.8 Å². The molecule has 1 N–H and O–H groups in total. The molecule has 1 heterocycles. The molecule has 2 amide bonds. The highest BCUT2D eigenvalue weighted by molar-refractivity contribution is 8.13. The molecule has 1 aliphatic heterocycles. The number of hydrogen-bond donors (Lipinski definition) is 1. The number of hydrogen-bond acceptors (Lipinski definition) is 5. The van der Waals surface area contributed by atoms with Gasteiger partial charge < -0.3 is 9.64 Å². The Morgan fingerprint density at radius 2 is 2.18 bits per heavy atom. The number of ether oxygens (including phenoxy) is 1. The molecular weight excluding hydrogens is 302 g/mol. The van der Waals surface area contributed by atoms with Crippen LogP contribution in [0.5, 0.6) is 0 Å². The molecule has 0 spiro atoms. The minimum Gasteiger partial charge on any atom is -0.453 e. The Kier molecular flexibility index (Phi) is 5.07. The summed E-state index contributed by atoms with van der Waals surface area (Å²) in [5.41, 5.74) is 2.70. The van der Waals surface area contributed by atoms with Crippen molar-refractivity contribution in [3.63, 3.8) is 0 Å². The van der Waals surface area contributed by atoms with Gasteiger partial charge in [-0.2, -0.15) is 0 Å². The van der Waals surface area contributed by atoms with Gasteiger partial charge in [-0.3, -0.25) is 10.1 Å². The van der Waals surface area contributed by atoms with Crippen molar-refractivity contribution in [2.45, 2.75) is 26.3 Å². The van der Waals surface area contributed by atoms with Crippen LogP contribution < -0.4 is 10.2 Å². The third kappa shape index (κ3) is 3.41. The number of methoxy groups -OCH3 is 1. The average molecular weight is 321 g/mol. The largest absolute Gasteiger partial charge is 0.453 e. The molecule has 7 heteroatoms. The van der Waals surface area contributed by atoms with Crippen molar-refractivity contribution < 1.29 is 14.3 Å². The number of nitrogens with zero attached hydrogens (tertiary/aromatic N) is 2. The van der Waals surface area contributed by atoms with Gasteiger partial charge in [-0.05, 0) is 37.3 Å². The fourth-order valence-electron chi connectivity index (χ4n) is 2.53. The van der Waals surface area contributed by atoms with E-state index in [1.54, 1.807) is 11.8 Å². The number of nitrogens with one attached hydrogen (secondary N) is 1. The van der Waals surface area contributed by atoms with E-state index in [1.807, 2.05) is 31.4 Å². The number of fused-ring (bicyclic) bond motifs is 1. The van der Waals surface area contributed by atoms with Crippen molar-refractivity contribution in [2.24, 2.45) is 4.99 Å². The zero-order valence-electron chi connectivity index (χ0n) is 13.0. The summed E-state index contributed by atoms with van der Waals surface area (Å²) in [4.78, 5) is 29.2. The van der Waals surface area contributed by atoms with Crippen LogP contribution in [0.3, 0.4) is 0 Å². The van der Waals surface area contributed by atoms with Gasteiger partial charge in [0.25, 0.3) is 0 Å². The molecule has 6 nitrogen and oxygen atoms in total. The van der Waals surface area contributed by atoms with Gasteiger partial charge in [-0.15, -0.1) is 0 Å². The van der Waals surface area contributed by atoms with Gasteiger partial charge >= 0.3 is 6.09 Å². The van der Waals surface area contributed by atoms with E-state index in [0.717, 1.165) is 17.7 Å². The lowest BCUT2D eigenvalue weighted by molar-refractivity contribution is -0.116. The second-order valence-electron chi connectivity index (χ2n) is 4.99. The fraction of sp³-hybridized carbons (Fsp3) is 0.400. The summed E-state index contributed by atoms with van der Waals surface area (Å²) in [5, 5.41) is 2.98. The summed E-state index contributed by atoms with van der Waals surface area (Å²) in [6, 6.07) is 5.88. The highest BCUT2D eigenvalue weighted by atomic mass is 32.2. The van der Waals surface area contributed by atoms with Crippen LogP contribution in [0.15, 0.2) is 23.2 Å². The maximum absolute atomic E-state index is 11.8. The normalized spacial score (nSPS) is 17.2. The Bertz CT molecular complexity index is 630. The molecule has 22 heavy (non-hydrogen) atoms. The average Bonchev–Trinajstić information content (AvgIpc) is 2.81. The summed E-state index contributed by atoms with van der Waals surface area (Å²) in [6.45, 7) is 3.59. The smallest absolute Gasteiger partial charge is 0.412 e. The minimum absolute atomic E-state index is 0.0187. The number of amidine groups is 1. The highest BCUT2D eigenvalue weighted by Gasteiger charge is 2.28. The summed E-state index contributed by atoms with van der Waals surface area (Å²) in [7, 11) is 1.30. The third-order valence-electron chi connectivity index (χ3n) is 3.44. The standard InChI is InChI=1S/C15H19N3O3S/c1-9-7-11-5-6-12(8-13(11)18(9)10(2)19)16-14(22-4)17-15(20)21-3/h5-6,8-9H,7H2,1-4H3,(H,16,17,20)/t9-/m1/s1. The molecule has 0 fully saturated rings. The number of alkyl carbamates (subject to hydrolysis) is 1. The molecule has 1 atom stereocenters. The van der Waals surface area contributed by atoms with Crippen molar-refractivity contribution in [1.82, 2.24) is 5.32 Å². The molecule has 0 unspecified atom stereocenters. The van der Waals surface area contributed by atoms with Gasteiger partial charge in [0.15, 0.2) is 5.17 Å². The summed E-state index contributed by atoms with van der Waals surface area (Å²) >= 11 is 1.31. The second kappa shape index (κ2) is 6.83. The molecule has 0 saturated carbocycles. The second-order valence-corrected chi connectivity index (χ2v) is 5.79. The molecule has 0 aromatic heterocycles. The molecule has 1 aromatic carbocycles. The fourth-order valence-corrected chi connectivity index (χ4v) is 2.91. The molecule has 1 aliphatic rings. The molecule has 0 bridgehead atoms. The lowest BCUT2D eigenvalue weighted by atomic mass is 10.1. The van der Waals surface area contributed by atoms with E-state index in [-0.39, 0.29) is 11.9 Å². The lowest BCUT2D eigenvalue weighted by Crippen LogP contribution is -2.33. The minimum atomic E-state index is -0.562. The van der Waals surface area contributed by atoms with Crippen molar-refractivity contribution in [2.75, 3.05) is 18.3 Å². The summed E-state index contributed by atoms with van der Waals surface area (Å²) < 4.78 is 4.56. The number of carbonyl (C=O) groups excluding carboxylic acids is 2. The number of benzene rings is 1. The van der Waals surface area contributed by atoms with Gasteiger partial charge in [-0.1, -0.05) is 17.8 Å². The number of carbonyl (C=O) groups is 2. The maximum atomic E-state index is 11.8. The first-order chi connectivity index (χ1) is 10.5. The lowest BCUT2D eigenvalue weighted by Gasteiger charge is -2.20. The molecule has 0 aliphatic carbocycles. The third-order valence-corrected chi connectivity index (χ3v) is 4.02. The molecular formula is C15H19N3O3S. The molecule has 1 aromatic rings. The van der Waals surface area contributed by atoms with Crippen LogP contribution in [0.4, 0.5) is 16.2 Å². The zero-order valence-corrected chi connectivity index (χ0v) is 13.9. The van der Waals surface area contributed by atoms with E-state index in [0.29, 0.717) is 10.9 Å². The maximum Gasteiger partial charge on any atom is 0.412 e. The summed E-state index contributed by atoms with van der Waals surface area (Å²) in [5.74, 6) is 0.0187. The molecule has 2 rings (SSSR count). The number of thioether (sulfide) groups is 1. The number of aliphatic imine (C=N–C) groups is 1. The van der Waals surface area contributed by atoms with E-state index < -0.39 is 6.09 Å². The zero-order chi connectivity index (χ0) is 16.3. The number of rotatable bonds is 1. The SMILES string of the molecule is COC(=O)NC(=Nc1ccc2c(c1)N(C(C)=O)[C@H](C)C2)SC. The van der Waals surface area contributed by atoms with Gasteiger partial charge in [0, 0.05) is 18.7 Å². The highest BCUT2D eigenvalue weighted by Crippen LogP contribution is 2.35. The first-order valence-corrected chi connectivity index (χ1v) is 8.09. The predicted molar refractivity (Wildman–Crippen MR) is 88.9 cm³/mol. The predicted octanol–water partition coefficient (Wildman–Crippen LogP) is 2.69. The van der Waals surface area contributed by atoms with Crippen LogP contribution in [0.1, 0.15) is 19.4 Å².